The molecule has 2 aromatic rings. The monoisotopic (exact) mass is 190 g/mol. The summed E-state index contributed by atoms with van der Waals surface area (Å²) in [6, 6.07) is 7.08. The van der Waals surface area contributed by atoms with E-state index in [0.29, 0.717) is 0 Å². The van der Waals surface area contributed by atoms with Crippen molar-refractivity contribution in [1.29, 1.82) is 0 Å². The Morgan fingerprint density at radius 3 is 2.50 bits per heavy atom. The third kappa shape index (κ3) is 3.06. The fourth-order valence-corrected chi connectivity index (χ4v) is 0.923. The molecule has 0 aliphatic heterocycles. The van der Waals surface area contributed by atoms with Crippen molar-refractivity contribution in [3.63, 3.8) is 0 Å². The van der Waals surface area contributed by atoms with Crippen molar-refractivity contribution in [1.82, 2.24) is 9.97 Å². The Kier molecular flexibility index (Phi) is 3.37. The maximum absolute atomic E-state index is 9.00. The molecule has 0 radical (unpaired) electrons. The molecule has 0 atom stereocenters. The zero-order valence-electron chi connectivity index (χ0n) is 7.42. The number of urea groups is 1. The molecule has 0 unspecified atom stereocenters. The average Bonchev–Trinajstić information content (AvgIpc) is 2.17. The molecule has 0 aliphatic carbocycles. The van der Waals surface area contributed by atoms with E-state index in [9.17, 15) is 0 Å². The van der Waals surface area contributed by atoms with Crippen LogP contribution in [0.25, 0.3) is 10.9 Å². The Bertz CT molecular complexity index is 360. The molecule has 0 saturated heterocycles. The highest BCUT2D eigenvalue weighted by Crippen LogP contribution is 2.06. The van der Waals surface area contributed by atoms with Gasteiger partial charge in [-0.15, -0.1) is 0 Å². The third-order valence-electron chi connectivity index (χ3n) is 1.41. The number of aromatic nitrogens is 2. The Morgan fingerprint density at radius 2 is 1.86 bits per heavy atom. The molecule has 4 N–H and O–H groups in total. The molecule has 72 valence electrons. The van der Waals surface area contributed by atoms with Gasteiger partial charge in [0.2, 0.25) is 0 Å². The predicted octanol–water partition coefficient (Wildman–Crippen LogP) is 0.654. The third-order valence-corrected chi connectivity index (χ3v) is 1.41. The van der Waals surface area contributed by atoms with E-state index in [1.807, 2.05) is 30.5 Å². The Labute approximate surface area is 80.8 Å². The van der Waals surface area contributed by atoms with Gasteiger partial charge in [-0.2, -0.15) is 0 Å². The van der Waals surface area contributed by atoms with E-state index in [1.54, 1.807) is 6.33 Å². The summed E-state index contributed by atoms with van der Waals surface area (Å²) in [4.78, 5) is 17.0. The van der Waals surface area contributed by atoms with Gasteiger partial charge in [0.15, 0.2) is 0 Å². The largest absolute Gasteiger partial charge is 0.352 e. The van der Waals surface area contributed by atoms with Crippen molar-refractivity contribution in [2.45, 2.75) is 0 Å². The maximum Gasteiger partial charge on any atom is 0.309 e. The molecule has 5 nitrogen and oxygen atoms in total. The first-order valence-corrected chi connectivity index (χ1v) is 3.90. The normalized spacial score (nSPS) is 8.86. The zero-order chi connectivity index (χ0) is 10.4. The van der Waals surface area contributed by atoms with Crippen molar-refractivity contribution in [2.75, 3.05) is 0 Å². The minimum atomic E-state index is -0.833. The van der Waals surface area contributed by atoms with Crippen LogP contribution in [0, 0.1) is 0 Å². The number of hydrogen-bond donors (Lipinski definition) is 2. The Morgan fingerprint density at radius 1 is 1.21 bits per heavy atom. The summed E-state index contributed by atoms with van der Waals surface area (Å²) in [5.74, 6) is 0. The molecule has 2 amide bonds. The lowest BCUT2D eigenvalue weighted by Gasteiger charge is -1.90. The lowest BCUT2D eigenvalue weighted by molar-refractivity contribution is 0.256. The first kappa shape index (κ1) is 9.91. The average molecular weight is 190 g/mol. The van der Waals surface area contributed by atoms with E-state index >= 15 is 0 Å². The number of rotatable bonds is 0. The highest BCUT2D eigenvalue weighted by Gasteiger charge is 1.87. The molecule has 14 heavy (non-hydrogen) atoms. The second-order valence-electron chi connectivity index (χ2n) is 2.48. The van der Waals surface area contributed by atoms with Crippen molar-refractivity contribution in [3.05, 3.63) is 36.8 Å². The molecule has 5 heteroatoms. The van der Waals surface area contributed by atoms with Crippen LogP contribution < -0.4 is 11.5 Å². The summed E-state index contributed by atoms with van der Waals surface area (Å²) in [6.45, 7) is 0. The summed E-state index contributed by atoms with van der Waals surface area (Å²) in [7, 11) is 0. The van der Waals surface area contributed by atoms with E-state index in [2.05, 4.69) is 21.4 Å². The fraction of sp³-hybridized carbons (Fsp3) is 0. The van der Waals surface area contributed by atoms with Gasteiger partial charge < -0.3 is 11.5 Å². The number of hydrogen-bond acceptors (Lipinski definition) is 3. The topological polar surface area (TPSA) is 94.9 Å². The van der Waals surface area contributed by atoms with E-state index < -0.39 is 6.03 Å². The van der Waals surface area contributed by atoms with Gasteiger partial charge in [0.05, 0.1) is 5.52 Å². The zero-order valence-corrected chi connectivity index (χ0v) is 7.42. The second-order valence-corrected chi connectivity index (χ2v) is 2.48. The molecular formula is C9H10N4O. The molecule has 0 bridgehead atoms. The van der Waals surface area contributed by atoms with Gasteiger partial charge in [-0.25, -0.2) is 14.8 Å². The summed E-state index contributed by atoms with van der Waals surface area (Å²) in [5, 5.41) is 1.09. The van der Waals surface area contributed by atoms with Crippen LogP contribution in [-0.2, 0) is 0 Å². The molecule has 0 spiro atoms. The minimum absolute atomic E-state index is 0.833. The number of benzene rings is 1. The van der Waals surface area contributed by atoms with Crippen LogP contribution in [0.1, 0.15) is 0 Å². The predicted molar refractivity (Wildman–Crippen MR) is 53.3 cm³/mol. The van der Waals surface area contributed by atoms with Crippen molar-refractivity contribution in [2.24, 2.45) is 11.5 Å². The standard InChI is InChI=1S/C8H6N2.CH4N2O/c1-2-4-8-7(3-1)5-9-6-10-8;2-1(3)4/h1-6H;(H4,2,3,4). The Hall–Kier alpha value is -2.17. The maximum atomic E-state index is 9.00. The highest BCUT2D eigenvalue weighted by molar-refractivity contribution is 5.76. The number of primary amides is 2. The van der Waals surface area contributed by atoms with Crippen molar-refractivity contribution >= 4 is 16.9 Å². The van der Waals surface area contributed by atoms with Crippen LogP contribution in [-0.4, -0.2) is 16.0 Å². The van der Waals surface area contributed by atoms with E-state index in [4.69, 9.17) is 4.79 Å². The van der Waals surface area contributed by atoms with Crippen LogP contribution in [0.15, 0.2) is 36.8 Å². The first-order chi connectivity index (χ1) is 6.70. The lowest BCUT2D eigenvalue weighted by atomic mass is 10.2. The number of carbonyl (C=O) groups is 1. The first-order valence-electron chi connectivity index (χ1n) is 3.90. The molecule has 1 aromatic carbocycles. The number of nitrogens with zero attached hydrogens (tertiary/aromatic N) is 2. The quantitative estimate of drug-likeness (QED) is 0.638. The summed E-state index contributed by atoms with van der Waals surface area (Å²) in [5.41, 5.74) is 9.50. The summed E-state index contributed by atoms with van der Waals surface area (Å²) in [6.07, 6.45) is 3.37. The highest BCUT2D eigenvalue weighted by atomic mass is 16.2. The number of carbonyl (C=O) groups excluding carboxylic acids is 1. The number of amides is 2. The molecule has 1 aromatic heterocycles. The molecule has 0 saturated carbocycles. The molecule has 1 heterocycles. The summed E-state index contributed by atoms with van der Waals surface area (Å²) >= 11 is 0. The van der Waals surface area contributed by atoms with Gasteiger partial charge >= 0.3 is 6.03 Å². The van der Waals surface area contributed by atoms with Crippen molar-refractivity contribution in [3.8, 4) is 0 Å². The van der Waals surface area contributed by atoms with E-state index in [-0.39, 0.29) is 0 Å². The van der Waals surface area contributed by atoms with Crippen LogP contribution in [0.5, 0.6) is 0 Å². The van der Waals surface area contributed by atoms with Crippen LogP contribution in [0.4, 0.5) is 4.79 Å². The number of fused-ring (bicyclic) bond motifs is 1. The van der Waals surface area contributed by atoms with E-state index in [0.717, 1.165) is 10.9 Å². The number of para-hydroxylation sites is 1. The van der Waals surface area contributed by atoms with Gasteiger partial charge in [0.1, 0.15) is 6.33 Å². The van der Waals surface area contributed by atoms with Gasteiger partial charge in [0, 0.05) is 11.6 Å². The Balaban J connectivity index is 0.000000213. The van der Waals surface area contributed by atoms with Gasteiger partial charge in [-0.1, -0.05) is 18.2 Å². The van der Waals surface area contributed by atoms with Gasteiger partial charge in [-0.05, 0) is 6.07 Å². The minimum Gasteiger partial charge on any atom is -0.352 e. The SMILES string of the molecule is NC(N)=O.c1ccc2ncncc2c1. The molecule has 0 fully saturated rings. The van der Waals surface area contributed by atoms with Gasteiger partial charge in [0.25, 0.3) is 0 Å². The fourth-order valence-electron chi connectivity index (χ4n) is 0.923. The molecule has 0 aliphatic rings. The van der Waals surface area contributed by atoms with Crippen LogP contribution in [0.3, 0.4) is 0 Å². The van der Waals surface area contributed by atoms with Crippen molar-refractivity contribution < 1.29 is 4.79 Å². The lowest BCUT2D eigenvalue weighted by Crippen LogP contribution is -2.18. The van der Waals surface area contributed by atoms with E-state index in [1.165, 1.54) is 0 Å². The second kappa shape index (κ2) is 4.76. The van der Waals surface area contributed by atoms with Crippen LogP contribution in [0.2, 0.25) is 0 Å². The van der Waals surface area contributed by atoms with Crippen LogP contribution >= 0.6 is 0 Å². The molecule has 2 rings (SSSR count). The number of nitrogens with two attached hydrogens (primary N) is 2. The van der Waals surface area contributed by atoms with Gasteiger partial charge in [-0.3, -0.25) is 0 Å². The molecular weight excluding hydrogens is 180 g/mol. The summed E-state index contributed by atoms with van der Waals surface area (Å²) < 4.78 is 0. The smallest absolute Gasteiger partial charge is 0.309 e.